The Bertz CT molecular complexity index is 949. The number of aromatic carboxylic acids is 1. The first-order valence-corrected chi connectivity index (χ1v) is 7.07. The van der Waals surface area contributed by atoms with Gasteiger partial charge in [-0.1, -0.05) is 6.07 Å². The van der Waals surface area contributed by atoms with Gasteiger partial charge in [-0.3, -0.25) is 4.98 Å². The standard InChI is InChI=1S/C18H12F3NO2/c1-10-6-12(8-13(7-10)18(19,20)21)14-4-5-22-16-3-2-11(17(23)24)9-15(14)16/h2-9H,1H3,(H,23,24). The van der Waals surface area contributed by atoms with E-state index in [0.717, 1.165) is 12.1 Å². The van der Waals surface area contributed by atoms with E-state index in [1.165, 1.54) is 18.3 Å². The summed E-state index contributed by atoms with van der Waals surface area (Å²) in [5, 5.41) is 9.63. The number of fused-ring (bicyclic) bond motifs is 1. The monoisotopic (exact) mass is 331 g/mol. The number of halogens is 3. The van der Waals surface area contributed by atoms with Gasteiger partial charge in [-0.25, -0.2) is 4.79 Å². The van der Waals surface area contributed by atoms with Crippen LogP contribution in [0.3, 0.4) is 0 Å². The molecule has 0 atom stereocenters. The molecule has 3 rings (SSSR count). The number of rotatable bonds is 2. The quantitative estimate of drug-likeness (QED) is 0.724. The summed E-state index contributed by atoms with van der Waals surface area (Å²) in [6.45, 7) is 1.59. The molecule has 1 N–H and O–H groups in total. The fourth-order valence-corrected chi connectivity index (χ4v) is 2.63. The van der Waals surface area contributed by atoms with Gasteiger partial charge in [-0.2, -0.15) is 13.2 Å². The summed E-state index contributed by atoms with van der Waals surface area (Å²) in [5.74, 6) is -1.10. The predicted molar refractivity (Wildman–Crippen MR) is 83.9 cm³/mol. The van der Waals surface area contributed by atoms with E-state index in [1.807, 2.05) is 0 Å². The molecule has 0 aliphatic heterocycles. The summed E-state index contributed by atoms with van der Waals surface area (Å²) >= 11 is 0. The molecule has 24 heavy (non-hydrogen) atoms. The second-order valence-corrected chi connectivity index (χ2v) is 5.48. The zero-order valence-corrected chi connectivity index (χ0v) is 12.6. The summed E-state index contributed by atoms with van der Waals surface area (Å²) in [4.78, 5) is 15.3. The minimum Gasteiger partial charge on any atom is -0.478 e. The zero-order valence-electron chi connectivity index (χ0n) is 12.6. The topological polar surface area (TPSA) is 50.2 Å². The molecule has 3 aromatic rings. The van der Waals surface area contributed by atoms with Crippen molar-refractivity contribution in [2.45, 2.75) is 13.1 Å². The number of pyridine rings is 1. The maximum Gasteiger partial charge on any atom is 0.416 e. The van der Waals surface area contributed by atoms with Crippen LogP contribution >= 0.6 is 0 Å². The Morgan fingerprint density at radius 1 is 1.08 bits per heavy atom. The van der Waals surface area contributed by atoms with Crippen LogP contribution in [0, 0.1) is 6.92 Å². The highest BCUT2D eigenvalue weighted by molar-refractivity contribution is 5.99. The Kier molecular flexibility index (Phi) is 3.75. The number of hydrogen-bond acceptors (Lipinski definition) is 2. The molecule has 0 spiro atoms. The first kappa shape index (κ1) is 16.0. The van der Waals surface area contributed by atoms with Crippen LogP contribution < -0.4 is 0 Å². The van der Waals surface area contributed by atoms with Gasteiger partial charge in [0, 0.05) is 11.6 Å². The molecular weight excluding hydrogens is 319 g/mol. The molecule has 6 heteroatoms. The van der Waals surface area contributed by atoms with Gasteiger partial charge in [0.25, 0.3) is 0 Å². The van der Waals surface area contributed by atoms with Gasteiger partial charge < -0.3 is 5.11 Å². The Labute approximate surface area is 135 Å². The van der Waals surface area contributed by atoms with Crippen molar-refractivity contribution in [3.8, 4) is 11.1 Å². The lowest BCUT2D eigenvalue weighted by molar-refractivity contribution is -0.137. The second kappa shape index (κ2) is 5.63. The van der Waals surface area contributed by atoms with Crippen molar-refractivity contribution in [3.63, 3.8) is 0 Å². The van der Waals surface area contributed by atoms with Crippen molar-refractivity contribution in [1.82, 2.24) is 4.98 Å². The molecule has 0 amide bonds. The van der Waals surface area contributed by atoms with Gasteiger partial charge >= 0.3 is 12.1 Å². The number of aromatic nitrogens is 1. The lowest BCUT2D eigenvalue weighted by Crippen LogP contribution is -2.05. The van der Waals surface area contributed by atoms with Gasteiger partial charge in [0.1, 0.15) is 0 Å². The van der Waals surface area contributed by atoms with E-state index in [4.69, 9.17) is 5.11 Å². The number of carboxylic acid groups (broad SMARTS) is 1. The van der Waals surface area contributed by atoms with E-state index in [1.54, 1.807) is 25.1 Å². The molecule has 0 saturated carbocycles. The third-order valence-electron chi connectivity index (χ3n) is 3.70. The van der Waals surface area contributed by atoms with Crippen molar-refractivity contribution in [2.75, 3.05) is 0 Å². The zero-order chi connectivity index (χ0) is 17.5. The number of benzene rings is 2. The summed E-state index contributed by atoms with van der Waals surface area (Å²) in [6, 6.07) is 9.75. The van der Waals surface area contributed by atoms with Crippen molar-refractivity contribution in [1.29, 1.82) is 0 Å². The second-order valence-electron chi connectivity index (χ2n) is 5.48. The highest BCUT2D eigenvalue weighted by Crippen LogP contribution is 2.35. The molecule has 122 valence electrons. The lowest BCUT2D eigenvalue weighted by Gasteiger charge is -2.12. The highest BCUT2D eigenvalue weighted by atomic mass is 19.4. The fourth-order valence-electron chi connectivity index (χ4n) is 2.63. The number of carboxylic acids is 1. The Hall–Kier alpha value is -2.89. The van der Waals surface area contributed by atoms with Gasteiger partial charge in [0.15, 0.2) is 0 Å². The summed E-state index contributed by atoms with van der Waals surface area (Å²) < 4.78 is 39.2. The Balaban J connectivity index is 2.28. The van der Waals surface area contributed by atoms with Crippen LogP contribution in [-0.4, -0.2) is 16.1 Å². The molecule has 1 aromatic heterocycles. The van der Waals surface area contributed by atoms with Crippen LogP contribution in [0.1, 0.15) is 21.5 Å². The third-order valence-corrected chi connectivity index (χ3v) is 3.70. The molecule has 2 aromatic carbocycles. The van der Waals surface area contributed by atoms with E-state index in [-0.39, 0.29) is 5.56 Å². The molecule has 0 radical (unpaired) electrons. The molecule has 0 saturated heterocycles. The van der Waals surface area contributed by atoms with Crippen molar-refractivity contribution in [3.05, 3.63) is 65.4 Å². The van der Waals surface area contributed by atoms with Crippen LogP contribution in [0.15, 0.2) is 48.7 Å². The van der Waals surface area contributed by atoms with Crippen molar-refractivity contribution >= 4 is 16.9 Å². The van der Waals surface area contributed by atoms with E-state index < -0.39 is 17.7 Å². The third kappa shape index (κ3) is 2.95. The SMILES string of the molecule is Cc1cc(-c2ccnc3ccc(C(=O)O)cc23)cc(C(F)(F)F)c1. The van der Waals surface area contributed by atoms with Crippen molar-refractivity contribution in [2.24, 2.45) is 0 Å². The predicted octanol–water partition coefficient (Wildman–Crippen LogP) is 4.93. The van der Waals surface area contributed by atoms with Gasteiger partial charge in [-0.05, 0) is 60.0 Å². The van der Waals surface area contributed by atoms with Crippen LogP contribution in [-0.2, 0) is 6.18 Å². The van der Waals surface area contributed by atoms with Gasteiger partial charge in [0.05, 0.1) is 16.6 Å². The van der Waals surface area contributed by atoms with Crippen LogP contribution in [0.25, 0.3) is 22.0 Å². The molecule has 0 unspecified atom stereocenters. The summed E-state index contributed by atoms with van der Waals surface area (Å²) in [7, 11) is 0. The van der Waals surface area contributed by atoms with E-state index in [0.29, 0.717) is 27.6 Å². The Morgan fingerprint density at radius 2 is 1.83 bits per heavy atom. The van der Waals surface area contributed by atoms with Crippen molar-refractivity contribution < 1.29 is 23.1 Å². The molecule has 1 heterocycles. The maximum absolute atomic E-state index is 13.1. The molecule has 0 aliphatic carbocycles. The normalized spacial score (nSPS) is 11.7. The highest BCUT2D eigenvalue weighted by Gasteiger charge is 2.31. The Morgan fingerprint density at radius 3 is 2.50 bits per heavy atom. The number of aryl methyl sites for hydroxylation is 1. The molecule has 0 bridgehead atoms. The van der Waals surface area contributed by atoms with Gasteiger partial charge in [-0.15, -0.1) is 0 Å². The fraction of sp³-hybridized carbons (Fsp3) is 0.111. The number of alkyl halides is 3. The molecular formula is C18H12F3NO2. The van der Waals surface area contributed by atoms with Crippen LogP contribution in [0.5, 0.6) is 0 Å². The first-order valence-electron chi connectivity index (χ1n) is 7.07. The summed E-state index contributed by atoms with van der Waals surface area (Å²) in [6.07, 6.45) is -2.95. The molecule has 3 nitrogen and oxygen atoms in total. The smallest absolute Gasteiger partial charge is 0.416 e. The minimum absolute atomic E-state index is 0.0560. The van der Waals surface area contributed by atoms with E-state index >= 15 is 0 Å². The average Bonchev–Trinajstić information content (AvgIpc) is 2.52. The largest absolute Gasteiger partial charge is 0.478 e. The molecule has 0 aliphatic rings. The number of hydrogen-bond donors (Lipinski definition) is 1. The van der Waals surface area contributed by atoms with E-state index in [2.05, 4.69) is 4.98 Å². The first-order chi connectivity index (χ1) is 11.3. The number of carbonyl (C=O) groups is 1. The maximum atomic E-state index is 13.1. The number of nitrogens with zero attached hydrogens (tertiary/aromatic N) is 1. The lowest BCUT2D eigenvalue weighted by atomic mass is 9.96. The van der Waals surface area contributed by atoms with E-state index in [9.17, 15) is 18.0 Å². The summed E-state index contributed by atoms with van der Waals surface area (Å²) in [5.41, 5.74) is 1.19. The van der Waals surface area contributed by atoms with Crippen LogP contribution in [0.4, 0.5) is 13.2 Å². The van der Waals surface area contributed by atoms with Gasteiger partial charge in [0.2, 0.25) is 0 Å². The molecule has 0 fully saturated rings. The minimum atomic E-state index is -4.45. The van der Waals surface area contributed by atoms with Crippen LogP contribution in [0.2, 0.25) is 0 Å². The average molecular weight is 331 g/mol.